The van der Waals surface area contributed by atoms with Crippen molar-refractivity contribution >= 4 is 28.9 Å². The molecule has 0 amide bonds. The fraction of sp³-hybridized carbons (Fsp3) is 0.444. The van der Waals surface area contributed by atoms with Gasteiger partial charge in [0, 0.05) is 0 Å². The Hall–Kier alpha value is -0.320. The first-order chi connectivity index (χ1) is 6.36. The SMILES string of the molecule is O=C(CSC1COC1)c1cccs1. The highest BCUT2D eigenvalue weighted by atomic mass is 32.2. The van der Waals surface area contributed by atoms with Gasteiger partial charge in [0.25, 0.3) is 0 Å². The second kappa shape index (κ2) is 4.26. The van der Waals surface area contributed by atoms with Gasteiger partial charge in [0.15, 0.2) is 5.78 Å². The number of carbonyl (C=O) groups is 1. The Morgan fingerprint density at radius 2 is 2.54 bits per heavy atom. The van der Waals surface area contributed by atoms with Crippen LogP contribution in [0.1, 0.15) is 9.67 Å². The van der Waals surface area contributed by atoms with Crippen LogP contribution in [0.5, 0.6) is 0 Å². The lowest BCUT2D eigenvalue weighted by atomic mass is 10.3. The lowest BCUT2D eigenvalue weighted by Crippen LogP contribution is -2.31. The predicted molar refractivity (Wildman–Crippen MR) is 55.7 cm³/mol. The molecule has 2 heterocycles. The van der Waals surface area contributed by atoms with Gasteiger partial charge in [0.05, 0.1) is 29.1 Å². The second-order valence-electron chi connectivity index (χ2n) is 2.87. The van der Waals surface area contributed by atoms with Crippen LogP contribution in [0.2, 0.25) is 0 Å². The first-order valence-electron chi connectivity index (χ1n) is 4.12. The summed E-state index contributed by atoms with van der Waals surface area (Å²) in [6.07, 6.45) is 0. The molecule has 1 saturated heterocycles. The standard InChI is InChI=1S/C9H10O2S2/c10-8(9-2-1-3-12-9)6-13-7-4-11-5-7/h1-3,7H,4-6H2. The molecule has 0 unspecified atom stereocenters. The third kappa shape index (κ3) is 2.33. The van der Waals surface area contributed by atoms with Gasteiger partial charge >= 0.3 is 0 Å². The topological polar surface area (TPSA) is 26.3 Å². The molecule has 1 aliphatic heterocycles. The van der Waals surface area contributed by atoms with Gasteiger partial charge in [-0.2, -0.15) is 0 Å². The lowest BCUT2D eigenvalue weighted by molar-refractivity contribution is 0.0455. The molecule has 0 radical (unpaired) electrons. The van der Waals surface area contributed by atoms with Gasteiger partial charge in [-0.1, -0.05) is 6.07 Å². The maximum absolute atomic E-state index is 11.5. The van der Waals surface area contributed by atoms with Gasteiger partial charge in [0.1, 0.15) is 0 Å². The van der Waals surface area contributed by atoms with Crippen molar-refractivity contribution in [2.45, 2.75) is 5.25 Å². The summed E-state index contributed by atoms with van der Waals surface area (Å²) in [7, 11) is 0. The van der Waals surface area contributed by atoms with Crippen molar-refractivity contribution in [3.8, 4) is 0 Å². The third-order valence-corrected chi connectivity index (χ3v) is 3.94. The number of ketones is 1. The molecule has 13 heavy (non-hydrogen) atoms. The summed E-state index contributed by atoms with van der Waals surface area (Å²) in [6, 6.07) is 3.79. The van der Waals surface area contributed by atoms with E-state index >= 15 is 0 Å². The Balaban J connectivity index is 1.78. The molecule has 1 aromatic rings. The molecule has 0 spiro atoms. The zero-order valence-electron chi connectivity index (χ0n) is 7.06. The van der Waals surface area contributed by atoms with E-state index in [2.05, 4.69) is 0 Å². The van der Waals surface area contributed by atoms with Crippen LogP contribution in [-0.2, 0) is 4.74 Å². The summed E-state index contributed by atoms with van der Waals surface area (Å²) >= 11 is 3.22. The van der Waals surface area contributed by atoms with Crippen molar-refractivity contribution in [2.75, 3.05) is 19.0 Å². The minimum atomic E-state index is 0.243. The van der Waals surface area contributed by atoms with E-state index in [1.165, 1.54) is 11.3 Å². The van der Waals surface area contributed by atoms with E-state index in [9.17, 15) is 4.79 Å². The molecule has 1 fully saturated rings. The Morgan fingerprint density at radius 1 is 1.69 bits per heavy atom. The number of ether oxygens (including phenoxy) is 1. The Labute approximate surface area is 85.3 Å². The molecule has 70 valence electrons. The van der Waals surface area contributed by atoms with Crippen molar-refractivity contribution in [1.82, 2.24) is 0 Å². The summed E-state index contributed by atoms with van der Waals surface area (Å²) in [6.45, 7) is 1.62. The Morgan fingerprint density at radius 3 is 3.08 bits per heavy atom. The van der Waals surface area contributed by atoms with Gasteiger partial charge in [-0.3, -0.25) is 4.79 Å². The third-order valence-electron chi connectivity index (χ3n) is 1.85. The van der Waals surface area contributed by atoms with Gasteiger partial charge in [-0.15, -0.1) is 23.1 Å². The molecule has 0 bridgehead atoms. The van der Waals surface area contributed by atoms with Crippen LogP contribution < -0.4 is 0 Å². The summed E-state index contributed by atoms with van der Waals surface area (Å²) < 4.78 is 5.03. The average Bonchev–Trinajstić information content (AvgIpc) is 2.52. The van der Waals surface area contributed by atoms with Crippen LogP contribution in [0.15, 0.2) is 17.5 Å². The van der Waals surface area contributed by atoms with E-state index in [1.807, 2.05) is 17.5 Å². The zero-order valence-corrected chi connectivity index (χ0v) is 8.70. The lowest BCUT2D eigenvalue weighted by Gasteiger charge is -2.24. The Bertz CT molecular complexity index is 278. The van der Waals surface area contributed by atoms with Crippen LogP contribution in [0.4, 0.5) is 0 Å². The average molecular weight is 214 g/mol. The highest BCUT2D eigenvalue weighted by Crippen LogP contribution is 2.21. The van der Waals surface area contributed by atoms with Crippen LogP contribution in [0.25, 0.3) is 0 Å². The van der Waals surface area contributed by atoms with Crippen LogP contribution >= 0.6 is 23.1 Å². The van der Waals surface area contributed by atoms with Crippen LogP contribution in [-0.4, -0.2) is 30.0 Å². The number of Topliss-reactive ketones (excluding diaryl/α,β-unsaturated/α-hetero) is 1. The Kier molecular flexibility index (Phi) is 3.03. The first kappa shape index (κ1) is 9.24. The van der Waals surface area contributed by atoms with E-state index in [1.54, 1.807) is 11.8 Å². The molecule has 2 nitrogen and oxygen atoms in total. The van der Waals surface area contributed by atoms with E-state index in [0.717, 1.165) is 18.1 Å². The second-order valence-corrected chi connectivity index (χ2v) is 5.11. The van der Waals surface area contributed by atoms with Crippen molar-refractivity contribution in [1.29, 1.82) is 0 Å². The molecule has 0 aliphatic carbocycles. The van der Waals surface area contributed by atoms with Crippen molar-refractivity contribution in [2.24, 2.45) is 0 Å². The van der Waals surface area contributed by atoms with Crippen LogP contribution in [0, 0.1) is 0 Å². The first-order valence-corrected chi connectivity index (χ1v) is 6.05. The smallest absolute Gasteiger partial charge is 0.182 e. The molecular formula is C9H10O2S2. The van der Waals surface area contributed by atoms with Crippen molar-refractivity contribution < 1.29 is 9.53 Å². The quantitative estimate of drug-likeness (QED) is 0.718. The summed E-state index contributed by atoms with van der Waals surface area (Å²) in [5, 5.41) is 2.48. The zero-order chi connectivity index (χ0) is 9.10. The maximum Gasteiger partial charge on any atom is 0.182 e. The fourth-order valence-electron chi connectivity index (χ4n) is 1.01. The minimum absolute atomic E-state index is 0.243. The number of rotatable bonds is 4. The van der Waals surface area contributed by atoms with Crippen LogP contribution in [0.3, 0.4) is 0 Å². The van der Waals surface area contributed by atoms with Crippen molar-refractivity contribution in [3.05, 3.63) is 22.4 Å². The molecular weight excluding hydrogens is 204 g/mol. The highest BCUT2D eigenvalue weighted by molar-refractivity contribution is 8.00. The maximum atomic E-state index is 11.5. The van der Waals surface area contributed by atoms with Crippen molar-refractivity contribution in [3.63, 3.8) is 0 Å². The van der Waals surface area contributed by atoms with Gasteiger partial charge in [0.2, 0.25) is 0 Å². The predicted octanol–water partition coefficient (Wildman–Crippen LogP) is 2.06. The minimum Gasteiger partial charge on any atom is -0.379 e. The van der Waals surface area contributed by atoms with E-state index in [0.29, 0.717) is 11.0 Å². The monoisotopic (exact) mass is 214 g/mol. The number of hydrogen-bond acceptors (Lipinski definition) is 4. The molecule has 1 aliphatic rings. The molecule has 0 N–H and O–H groups in total. The molecule has 4 heteroatoms. The molecule has 0 saturated carbocycles. The van der Waals surface area contributed by atoms with Gasteiger partial charge < -0.3 is 4.74 Å². The van der Waals surface area contributed by atoms with Gasteiger partial charge in [-0.25, -0.2) is 0 Å². The molecule has 0 aromatic carbocycles. The van der Waals surface area contributed by atoms with E-state index in [4.69, 9.17) is 4.74 Å². The normalized spacial score (nSPS) is 16.9. The number of carbonyl (C=O) groups excluding carboxylic acids is 1. The summed E-state index contributed by atoms with van der Waals surface area (Å²) in [4.78, 5) is 12.4. The highest BCUT2D eigenvalue weighted by Gasteiger charge is 2.20. The van der Waals surface area contributed by atoms with E-state index < -0.39 is 0 Å². The molecule has 0 atom stereocenters. The number of thiophene rings is 1. The molecule has 2 rings (SSSR count). The summed E-state index contributed by atoms with van der Waals surface area (Å²) in [5.41, 5.74) is 0. The van der Waals surface area contributed by atoms with Gasteiger partial charge in [-0.05, 0) is 11.4 Å². The number of thioether (sulfide) groups is 1. The largest absolute Gasteiger partial charge is 0.379 e. The number of hydrogen-bond donors (Lipinski definition) is 0. The summed E-state index contributed by atoms with van der Waals surface area (Å²) in [5.74, 6) is 0.834. The molecule has 1 aromatic heterocycles. The fourth-order valence-corrected chi connectivity index (χ4v) is 2.70. The van der Waals surface area contributed by atoms with E-state index in [-0.39, 0.29) is 5.78 Å².